The van der Waals surface area contributed by atoms with Crippen molar-refractivity contribution in [1.29, 1.82) is 0 Å². The zero-order valence-electron chi connectivity index (χ0n) is 10.4. The van der Waals surface area contributed by atoms with Gasteiger partial charge in [0.15, 0.2) is 0 Å². The van der Waals surface area contributed by atoms with E-state index in [1.165, 1.54) is 0 Å². The summed E-state index contributed by atoms with van der Waals surface area (Å²) in [6.07, 6.45) is 1.82. The predicted octanol–water partition coefficient (Wildman–Crippen LogP) is 1.99. The summed E-state index contributed by atoms with van der Waals surface area (Å²) in [5.74, 6) is 0.920. The van der Waals surface area contributed by atoms with Crippen molar-refractivity contribution in [2.45, 2.75) is 13.8 Å². The van der Waals surface area contributed by atoms with Crippen molar-refractivity contribution in [3.63, 3.8) is 0 Å². The van der Waals surface area contributed by atoms with Crippen LogP contribution in [0.1, 0.15) is 13.8 Å². The van der Waals surface area contributed by atoms with Crippen LogP contribution in [0, 0.1) is 0 Å². The molecule has 0 atom stereocenters. The third-order valence-corrected chi connectivity index (χ3v) is 2.32. The van der Waals surface area contributed by atoms with Crippen LogP contribution in [-0.2, 0) is 4.74 Å². The molecular weight excluding hydrogens is 202 g/mol. The Morgan fingerprint density at radius 2 is 2.25 bits per heavy atom. The smallest absolute Gasteiger partial charge is 0.127 e. The van der Waals surface area contributed by atoms with E-state index in [-0.39, 0.29) is 0 Å². The fourth-order valence-corrected chi connectivity index (χ4v) is 1.41. The first-order chi connectivity index (χ1) is 7.77. The summed E-state index contributed by atoms with van der Waals surface area (Å²) in [5.41, 5.74) is 1.16. The van der Waals surface area contributed by atoms with E-state index in [0.717, 1.165) is 37.8 Å². The zero-order valence-corrected chi connectivity index (χ0v) is 10.4. The summed E-state index contributed by atoms with van der Waals surface area (Å²) >= 11 is 0. The minimum atomic E-state index is 0.756. The molecule has 0 unspecified atom stereocenters. The molecule has 0 saturated carbocycles. The first-order valence-electron chi connectivity index (χ1n) is 5.76. The maximum Gasteiger partial charge on any atom is 0.127 e. The second-order valence-electron chi connectivity index (χ2n) is 3.55. The zero-order chi connectivity index (χ0) is 11.8. The molecule has 1 aromatic heterocycles. The molecule has 0 aliphatic rings. The minimum absolute atomic E-state index is 0.756. The van der Waals surface area contributed by atoms with Crippen LogP contribution in [0.15, 0.2) is 18.3 Å². The lowest BCUT2D eigenvalue weighted by Gasteiger charge is -2.19. The number of nitrogens with one attached hydrogen (secondary N) is 1. The normalized spacial score (nSPS) is 10.2. The number of pyridine rings is 1. The lowest BCUT2D eigenvalue weighted by molar-refractivity contribution is 0.154. The van der Waals surface area contributed by atoms with Crippen LogP contribution in [0.4, 0.5) is 11.5 Å². The molecule has 16 heavy (non-hydrogen) atoms. The van der Waals surface area contributed by atoms with E-state index < -0.39 is 0 Å². The molecule has 1 heterocycles. The summed E-state index contributed by atoms with van der Waals surface area (Å²) in [5, 5.41) is 3.20. The highest BCUT2D eigenvalue weighted by Crippen LogP contribution is 2.15. The van der Waals surface area contributed by atoms with Gasteiger partial charge in [0.2, 0.25) is 0 Å². The molecule has 4 heteroatoms. The highest BCUT2D eigenvalue weighted by molar-refractivity contribution is 5.53. The van der Waals surface area contributed by atoms with E-state index in [0.29, 0.717) is 0 Å². The van der Waals surface area contributed by atoms with Gasteiger partial charge < -0.3 is 15.0 Å². The highest BCUT2D eigenvalue weighted by atomic mass is 16.5. The second-order valence-corrected chi connectivity index (χ2v) is 3.55. The van der Waals surface area contributed by atoms with Crippen molar-refractivity contribution in [2.75, 3.05) is 43.6 Å². The third-order valence-electron chi connectivity index (χ3n) is 2.32. The standard InChI is InChI=1S/C12H21N3O/c1-4-13-12-10-11(6-7-14-12)15(3)8-9-16-5-2/h6-7,10H,4-5,8-9H2,1-3H3,(H,13,14). The average molecular weight is 223 g/mol. The van der Waals surface area contributed by atoms with Gasteiger partial charge in [0.25, 0.3) is 0 Å². The van der Waals surface area contributed by atoms with Gasteiger partial charge in [0.1, 0.15) is 5.82 Å². The summed E-state index contributed by atoms with van der Waals surface area (Å²) in [4.78, 5) is 6.40. The van der Waals surface area contributed by atoms with Gasteiger partial charge in [0.05, 0.1) is 6.61 Å². The van der Waals surface area contributed by atoms with Crippen LogP contribution < -0.4 is 10.2 Å². The second kappa shape index (κ2) is 7.06. The largest absolute Gasteiger partial charge is 0.380 e. The van der Waals surface area contributed by atoms with E-state index in [2.05, 4.69) is 35.2 Å². The molecular formula is C12H21N3O. The molecule has 90 valence electrons. The van der Waals surface area contributed by atoms with Crippen molar-refractivity contribution in [1.82, 2.24) is 4.98 Å². The molecule has 0 spiro atoms. The van der Waals surface area contributed by atoms with Gasteiger partial charge in [-0.25, -0.2) is 4.98 Å². The van der Waals surface area contributed by atoms with Crippen LogP contribution in [0.3, 0.4) is 0 Å². The number of likely N-dealkylation sites (N-methyl/N-ethyl adjacent to an activating group) is 1. The Balaban J connectivity index is 2.53. The molecule has 0 radical (unpaired) electrons. The van der Waals surface area contributed by atoms with Gasteiger partial charge in [0, 0.05) is 44.7 Å². The number of rotatable bonds is 7. The molecule has 0 aromatic carbocycles. The monoisotopic (exact) mass is 223 g/mol. The van der Waals surface area contributed by atoms with E-state index in [1.807, 2.05) is 19.2 Å². The Hall–Kier alpha value is -1.29. The van der Waals surface area contributed by atoms with E-state index in [9.17, 15) is 0 Å². The molecule has 1 N–H and O–H groups in total. The number of hydrogen-bond donors (Lipinski definition) is 1. The molecule has 0 fully saturated rings. The van der Waals surface area contributed by atoms with Crippen LogP contribution in [-0.4, -0.2) is 38.3 Å². The third kappa shape index (κ3) is 4.06. The van der Waals surface area contributed by atoms with Gasteiger partial charge in [-0.1, -0.05) is 0 Å². The van der Waals surface area contributed by atoms with Crippen molar-refractivity contribution in [2.24, 2.45) is 0 Å². The summed E-state index contributed by atoms with van der Waals surface area (Å²) in [7, 11) is 2.06. The Kier molecular flexibility index (Phi) is 5.64. The number of nitrogens with zero attached hydrogens (tertiary/aromatic N) is 2. The SMILES string of the molecule is CCNc1cc(N(C)CCOCC)ccn1. The van der Waals surface area contributed by atoms with Crippen LogP contribution >= 0.6 is 0 Å². The number of ether oxygens (including phenoxy) is 1. The fourth-order valence-electron chi connectivity index (χ4n) is 1.41. The molecule has 0 aliphatic carbocycles. The van der Waals surface area contributed by atoms with Gasteiger partial charge in [-0.3, -0.25) is 0 Å². The molecule has 0 aliphatic heterocycles. The Bertz CT molecular complexity index is 304. The number of aromatic nitrogens is 1. The van der Waals surface area contributed by atoms with Gasteiger partial charge in [-0.2, -0.15) is 0 Å². The lowest BCUT2D eigenvalue weighted by atomic mass is 10.3. The quantitative estimate of drug-likeness (QED) is 0.717. The van der Waals surface area contributed by atoms with Crippen molar-refractivity contribution in [3.8, 4) is 0 Å². The Morgan fingerprint density at radius 1 is 1.44 bits per heavy atom. The van der Waals surface area contributed by atoms with E-state index in [1.54, 1.807) is 0 Å². The van der Waals surface area contributed by atoms with Gasteiger partial charge in [-0.05, 0) is 19.9 Å². The Labute approximate surface area is 97.6 Å². The van der Waals surface area contributed by atoms with Crippen molar-refractivity contribution >= 4 is 11.5 Å². The maximum absolute atomic E-state index is 5.33. The highest BCUT2D eigenvalue weighted by Gasteiger charge is 2.01. The molecule has 0 saturated heterocycles. The number of anilines is 2. The summed E-state index contributed by atoms with van der Waals surface area (Å²) < 4.78 is 5.33. The van der Waals surface area contributed by atoms with Crippen molar-refractivity contribution < 1.29 is 4.74 Å². The van der Waals surface area contributed by atoms with Gasteiger partial charge in [-0.15, -0.1) is 0 Å². The lowest BCUT2D eigenvalue weighted by Crippen LogP contribution is -2.22. The Morgan fingerprint density at radius 3 is 2.94 bits per heavy atom. The predicted molar refractivity (Wildman–Crippen MR) is 68.2 cm³/mol. The fraction of sp³-hybridized carbons (Fsp3) is 0.583. The molecule has 1 aromatic rings. The molecule has 4 nitrogen and oxygen atoms in total. The minimum Gasteiger partial charge on any atom is -0.380 e. The van der Waals surface area contributed by atoms with Crippen LogP contribution in [0.25, 0.3) is 0 Å². The molecule has 0 amide bonds. The van der Waals surface area contributed by atoms with Crippen LogP contribution in [0.2, 0.25) is 0 Å². The average Bonchev–Trinajstić information content (AvgIpc) is 2.30. The summed E-state index contributed by atoms with van der Waals surface area (Å²) in [6.45, 7) is 7.38. The van der Waals surface area contributed by atoms with Crippen molar-refractivity contribution in [3.05, 3.63) is 18.3 Å². The summed E-state index contributed by atoms with van der Waals surface area (Å²) in [6, 6.07) is 4.06. The topological polar surface area (TPSA) is 37.4 Å². The first-order valence-corrected chi connectivity index (χ1v) is 5.76. The van der Waals surface area contributed by atoms with E-state index in [4.69, 9.17) is 4.74 Å². The molecule has 0 bridgehead atoms. The van der Waals surface area contributed by atoms with Gasteiger partial charge >= 0.3 is 0 Å². The number of hydrogen-bond acceptors (Lipinski definition) is 4. The van der Waals surface area contributed by atoms with E-state index >= 15 is 0 Å². The molecule has 1 rings (SSSR count). The first kappa shape index (κ1) is 12.8. The maximum atomic E-state index is 5.33. The van der Waals surface area contributed by atoms with Crippen LogP contribution in [0.5, 0.6) is 0 Å².